The average Bonchev–Trinajstić information content (AvgIpc) is 3.11. The number of hydrogen-bond donors (Lipinski definition) is 1. The quantitative estimate of drug-likeness (QED) is 0.451. The summed E-state index contributed by atoms with van der Waals surface area (Å²) in [5, 5.41) is 17.4. The van der Waals surface area contributed by atoms with E-state index in [1.54, 1.807) is 12.1 Å². The predicted octanol–water partition coefficient (Wildman–Crippen LogP) is 0.861. The van der Waals surface area contributed by atoms with Crippen molar-refractivity contribution in [3.8, 4) is 0 Å². The Hall–Kier alpha value is -3.17. The van der Waals surface area contributed by atoms with Gasteiger partial charge in [0.2, 0.25) is 0 Å². The maximum absolute atomic E-state index is 11.7. The second kappa shape index (κ2) is 7.40. The smallest absolute Gasteiger partial charge is 0.328 e. The number of aromatic nitrogens is 2. The van der Waals surface area contributed by atoms with E-state index in [4.69, 9.17) is 9.15 Å². The predicted molar refractivity (Wildman–Crippen MR) is 79.9 cm³/mol. The third kappa shape index (κ3) is 4.18. The number of furan rings is 1. The molecule has 0 radical (unpaired) electrons. The summed E-state index contributed by atoms with van der Waals surface area (Å²) >= 11 is 0. The van der Waals surface area contributed by atoms with Crippen molar-refractivity contribution in [3.05, 3.63) is 45.7 Å². The molecule has 0 unspecified atom stereocenters. The van der Waals surface area contributed by atoms with E-state index >= 15 is 0 Å². The molecule has 0 aliphatic carbocycles. The molecular formula is C14H16N4O6. The SMILES string of the molecule is Cc1nn(CC(=O)OCC(=O)NCc2ccco2)c(C)c1[N+](=O)[O-]. The lowest BCUT2D eigenvalue weighted by atomic mass is 10.3. The fourth-order valence-corrected chi connectivity index (χ4v) is 2.07. The molecule has 0 aliphatic rings. The Morgan fingerprint density at radius 1 is 1.46 bits per heavy atom. The molecule has 0 aromatic carbocycles. The van der Waals surface area contributed by atoms with Gasteiger partial charge in [0, 0.05) is 0 Å². The second-order valence-corrected chi connectivity index (χ2v) is 4.95. The highest BCUT2D eigenvalue weighted by atomic mass is 16.6. The first kappa shape index (κ1) is 17.2. The van der Waals surface area contributed by atoms with E-state index in [-0.39, 0.29) is 30.2 Å². The molecule has 10 nitrogen and oxygen atoms in total. The van der Waals surface area contributed by atoms with Crippen molar-refractivity contribution in [2.75, 3.05) is 6.61 Å². The summed E-state index contributed by atoms with van der Waals surface area (Å²) in [6.07, 6.45) is 1.48. The number of ether oxygens (including phenoxy) is 1. The van der Waals surface area contributed by atoms with Crippen LogP contribution < -0.4 is 5.32 Å². The Bertz CT molecular complexity index is 750. The molecule has 2 rings (SSSR count). The molecule has 1 N–H and O–H groups in total. The molecule has 24 heavy (non-hydrogen) atoms. The van der Waals surface area contributed by atoms with E-state index in [9.17, 15) is 19.7 Å². The molecule has 0 saturated carbocycles. The van der Waals surface area contributed by atoms with Gasteiger partial charge in [0.25, 0.3) is 5.91 Å². The van der Waals surface area contributed by atoms with Crippen LogP contribution in [0.1, 0.15) is 17.1 Å². The number of rotatable bonds is 7. The molecule has 2 aromatic heterocycles. The van der Waals surface area contributed by atoms with E-state index in [0.717, 1.165) is 0 Å². The number of nitro groups is 1. The second-order valence-electron chi connectivity index (χ2n) is 4.95. The minimum atomic E-state index is -0.719. The van der Waals surface area contributed by atoms with Crippen LogP contribution in [-0.2, 0) is 27.4 Å². The third-order valence-corrected chi connectivity index (χ3v) is 3.21. The van der Waals surface area contributed by atoms with Gasteiger partial charge in [-0.15, -0.1) is 0 Å². The molecule has 0 fully saturated rings. The highest BCUT2D eigenvalue weighted by molar-refractivity contribution is 5.80. The van der Waals surface area contributed by atoms with Gasteiger partial charge in [-0.2, -0.15) is 5.10 Å². The van der Waals surface area contributed by atoms with Crippen LogP contribution in [-0.4, -0.2) is 33.2 Å². The molecule has 0 atom stereocenters. The highest BCUT2D eigenvalue weighted by Crippen LogP contribution is 2.21. The first-order chi connectivity index (χ1) is 11.4. The zero-order valence-corrected chi connectivity index (χ0v) is 13.1. The molecule has 0 spiro atoms. The largest absolute Gasteiger partial charge is 0.467 e. The lowest BCUT2D eigenvalue weighted by Gasteiger charge is -2.06. The number of carbonyl (C=O) groups is 2. The monoisotopic (exact) mass is 336 g/mol. The number of carbonyl (C=O) groups excluding carboxylic acids is 2. The van der Waals surface area contributed by atoms with Gasteiger partial charge in [-0.05, 0) is 26.0 Å². The Morgan fingerprint density at radius 2 is 2.21 bits per heavy atom. The zero-order chi connectivity index (χ0) is 17.7. The maximum atomic E-state index is 11.7. The molecule has 1 amide bonds. The fraction of sp³-hybridized carbons (Fsp3) is 0.357. The standard InChI is InChI=1S/C14H16N4O6/c1-9-14(18(21)22)10(2)17(16-9)7-13(20)24-8-12(19)15-6-11-4-3-5-23-11/h3-5H,6-8H2,1-2H3,(H,15,19). The van der Waals surface area contributed by atoms with Gasteiger partial charge in [0.05, 0.1) is 17.7 Å². The van der Waals surface area contributed by atoms with Crippen molar-refractivity contribution in [1.29, 1.82) is 0 Å². The zero-order valence-electron chi connectivity index (χ0n) is 13.1. The number of nitrogens with one attached hydrogen (secondary N) is 1. The van der Waals surface area contributed by atoms with Crippen LogP contribution in [0, 0.1) is 24.0 Å². The fourth-order valence-electron chi connectivity index (χ4n) is 2.07. The number of aryl methyl sites for hydroxylation is 1. The molecule has 0 aliphatic heterocycles. The van der Waals surface area contributed by atoms with E-state index in [0.29, 0.717) is 5.76 Å². The summed E-state index contributed by atoms with van der Waals surface area (Å²) in [4.78, 5) is 33.7. The van der Waals surface area contributed by atoms with Gasteiger partial charge in [0.1, 0.15) is 23.7 Å². The maximum Gasteiger partial charge on any atom is 0.328 e. The summed E-state index contributed by atoms with van der Waals surface area (Å²) in [5.74, 6) is -0.632. The molecule has 128 valence electrons. The first-order valence-corrected chi connectivity index (χ1v) is 7.01. The molecule has 10 heteroatoms. The minimum Gasteiger partial charge on any atom is -0.467 e. The van der Waals surface area contributed by atoms with Gasteiger partial charge in [0.15, 0.2) is 6.61 Å². The molecule has 2 heterocycles. The highest BCUT2D eigenvalue weighted by Gasteiger charge is 2.23. The molecular weight excluding hydrogens is 320 g/mol. The Balaban J connectivity index is 1.82. The number of hydrogen-bond acceptors (Lipinski definition) is 7. The average molecular weight is 336 g/mol. The van der Waals surface area contributed by atoms with Crippen molar-refractivity contribution in [2.45, 2.75) is 26.9 Å². The lowest BCUT2D eigenvalue weighted by molar-refractivity contribution is -0.386. The number of esters is 1. The van der Waals surface area contributed by atoms with Crippen LogP contribution in [0.4, 0.5) is 5.69 Å². The van der Waals surface area contributed by atoms with Gasteiger partial charge >= 0.3 is 11.7 Å². The van der Waals surface area contributed by atoms with Crippen LogP contribution in [0.15, 0.2) is 22.8 Å². The van der Waals surface area contributed by atoms with Crippen LogP contribution in [0.3, 0.4) is 0 Å². The van der Waals surface area contributed by atoms with Crippen LogP contribution in [0.5, 0.6) is 0 Å². The summed E-state index contributed by atoms with van der Waals surface area (Å²) in [6.45, 7) is 2.39. The Kier molecular flexibility index (Phi) is 5.30. The van der Waals surface area contributed by atoms with Crippen LogP contribution in [0.25, 0.3) is 0 Å². The van der Waals surface area contributed by atoms with Crippen molar-refractivity contribution in [3.63, 3.8) is 0 Å². The van der Waals surface area contributed by atoms with E-state index in [1.807, 2.05) is 0 Å². The Morgan fingerprint density at radius 3 is 2.79 bits per heavy atom. The van der Waals surface area contributed by atoms with Gasteiger partial charge < -0.3 is 14.5 Å². The molecule has 0 bridgehead atoms. The van der Waals surface area contributed by atoms with E-state index < -0.39 is 23.4 Å². The van der Waals surface area contributed by atoms with Crippen molar-refractivity contribution < 1.29 is 23.7 Å². The topological polar surface area (TPSA) is 130 Å². The van der Waals surface area contributed by atoms with Crippen LogP contribution in [0.2, 0.25) is 0 Å². The normalized spacial score (nSPS) is 10.4. The lowest BCUT2D eigenvalue weighted by Crippen LogP contribution is -2.29. The molecule has 2 aromatic rings. The first-order valence-electron chi connectivity index (χ1n) is 7.01. The van der Waals surface area contributed by atoms with Gasteiger partial charge in [-0.3, -0.25) is 24.4 Å². The van der Waals surface area contributed by atoms with E-state index in [1.165, 1.54) is 24.8 Å². The van der Waals surface area contributed by atoms with Crippen molar-refractivity contribution in [1.82, 2.24) is 15.1 Å². The summed E-state index contributed by atoms with van der Waals surface area (Å²) in [5.41, 5.74) is 0.317. The number of amides is 1. The van der Waals surface area contributed by atoms with Gasteiger partial charge in [-0.1, -0.05) is 0 Å². The summed E-state index contributed by atoms with van der Waals surface area (Å²) < 4.78 is 11.1. The minimum absolute atomic E-state index is 0.140. The summed E-state index contributed by atoms with van der Waals surface area (Å²) in [6, 6.07) is 3.39. The van der Waals surface area contributed by atoms with Crippen molar-refractivity contribution in [2.24, 2.45) is 0 Å². The van der Waals surface area contributed by atoms with Gasteiger partial charge in [-0.25, -0.2) is 0 Å². The summed E-state index contributed by atoms with van der Waals surface area (Å²) in [7, 11) is 0. The van der Waals surface area contributed by atoms with Crippen molar-refractivity contribution >= 4 is 17.6 Å². The van der Waals surface area contributed by atoms with E-state index in [2.05, 4.69) is 10.4 Å². The molecule has 0 saturated heterocycles. The van der Waals surface area contributed by atoms with Crippen LogP contribution >= 0.6 is 0 Å². The Labute approximate surface area is 136 Å². The third-order valence-electron chi connectivity index (χ3n) is 3.21. The number of nitrogens with zero attached hydrogens (tertiary/aromatic N) is 3.